The lowest BCUT2D eigenvalue weighted by molar-refractivity contribution is -0.125. The molecule has 24 heavy (non-hydrogen) atoms. The maximum atomic E-state index is 11.9. The molecule has 4 N–H and O–H groups in total. The van der Waals surface area contributed by atoms with E-state index in [-0.39, 0.29) is 42.7 Å². The molecule has 2 amide bonds. The summed E-state index contributed by atoms with van der Waals surface area (Å²) in [5.74, 6) is -0.552. The summed E-state index contributed by atoms with van der Waals surface area (Å²) in [6.45, 7) is 1.71. The summed E-state index contributed by atoms with van der Waals surface area (Å²) in [6.07, 6.45) is 1.70. The first-order valence-electron chi connectivity index (χ1n) is 7.63. The first kappa shape index (κ1) is 20.9. The van der Waals surface area contributed by atoms with Crippen molar-refractivity contribution in [1.29, 1.82) is 0 Å². The van der Waals surface area contributed by atoms with Crippen molar-refractivity contribution >= 4 is 40.2 Å². The van der Waals surface area contributed by atoms with E-state index in [4.69, 9.17) is 10.5 Å². The lowest BCUT2D eigenvalue weighted by Gasteiger charge is -2.38. The lowest BCUT2D eigenvalue weighted by atomic mass is 9.74. The molecule has 1 aliphatic rings. The molecule has 0 spiro atoms. The number of halogens is 2. The lowest BCUT2D eigenvalue weighted by Crippen LogP contribution is -2.47. The second-order valence-electron chi connectivity index (χ2n) is 5.66. The number of carbonyl (C=O) groups is 2. The monoisotopic (exact) mass is 419 g/mol. The number of hydrogen-bond acceptors (Lipinski definition) is 4. The van der Waals surface area contributed by atoms with Gasteiger partial charge in [-0.15, -0.1) is 12.4 Å². The normalized spacial score (nSPS) is 15.9. The third-order valence-electron chi connectivity index (χ3n) is 4.16. The summed E-state index contributed by atoms with van der Waals surface area (Å²) < 4.78 is 6.50. The second kappa shape index (κ2) is 9.98. The highest BCUT2D eigenvalue weighted by Gasteiger charge is 2.34. The van der Waals surface area contributed by atoms with Gasteiger partial charge in [0.25, 0.3) is 0 Å². The van der Waals surface area contributed by atoms with Crippen molar-refractivity contribution in [2.45, 2.75) is 18.3 Å². The van der Waals surface area contributed by atoms with Crippen LogP contribution >= 0.6 is 28.3 Å². The summed E-state index contributed by atoms with van der Waals surface area (Å²) in [4.78, 5) is 23.0. The molecule has 0 unspecified atom stereocenters. The van der Waals surface area contributed by atoms with Crippen molar-refractivity contribution in [3.63, 3.8) is 0 Å². The fourth-order valence-corrected chi connectivity index (χ4v) is 2.98. The van der Waals surface area contributed by atoms with Crippen LogP contribution in [0.2, 0.25) is 0 Å². The Kier molecular flexibility index (Phi) is 8.69. The molecule has 1 aromatic rings. The summed E-state index contributed by atoms with van der Waals surface area (Å²) >= 11 is 3.45. The van der Waals surface area contributed by atoms with Crippen LogP contribution in [-0.4, -0.2) is 44.7 Å². The molecule has 134 valence electrons. The highest BCUT2D eigenvalue weighted by Crippen LogP contribution is 2.34. The van der Waals surface area contributed by atoms with Crippen molar-refractivity contribution in [2.75, 3.05) is 32.8 Å². The number of rotatable bonds is 6. The number of amides is 2. The van der Waals surface area contributed by atoms with Crippen molar-refractivity contribution in [2.24, 2.45) is 5.73 Å². The Bertz CT molecular complexity index is 548. The third-order valence-corrected chi connectivity index (χ3v) is 4.69. The molecule has 0 aliphatic carbocycles. The van der Waals surface area contributed by atoms with E-state index in [1.807, 2.05) is 12.1 Å². The third kappa shape index (κ3) is 5.73. The molecule has 0 atom stereocenters. The van der Waals surface area contributed by atoms with Gasteiger partial charge in [0, 0.05) is 29.6 Å². The van der Waals surface area contributed by atoms with Crippen LogP contribution in [0.15, 0.2) is 28.7 Å². The van der Waals surface area contributed by atoms with Gasteiger partial charge in [0.2, 0.25) is 11.8 Å². The van der Waals surface area contributed by atoms with Gasteiger partial charge in [-0.1, -0.05) is 28.1 Å². The first-order valence-corrected chi connectivity index (χ1v) is 8.42. The Morgan fingerprint density at radius 1 is 1.12 bits per heavy atom. The first-order chi connectivity index (χ1) is 11.1. The van der Waals surface area contributed by atoms with E-state index in [0.29, 0.717) is 19.8 Å². The smallest absolute Gasteiger partial charge is 0.239 e. The summed E-state index contributed by atoms with van der Waals surface area (Å²) in [5, 5.41) is 5.40. The van der Waals surface area contributed by atoms with Crippen molar-refractivity contribution in [3.8, 4) is 0 Å². The minimum absolute atomic E-state index is 0. The van der Waals surface area contributed by atoms with E-state index >= 15 is 0 Å². The van der Waals surface area contributed by atoms with Gasteiger partial charge in [-0.05, 0) is 30.5 Å². The van der Waals surface area contributed by atoms with E-state index in [9.17, 15) is 9.59 Å². The molecular formula is C16H23BrClN3O3. The summed E-state index contributed by atoms with van der Waals surface area (Å²) in [6, 6.07) is 8.18. The van der Waals surface area contributed by atoms with Crippen molar-refractivity contribution in [1.82, 2.24) is 10.6 Å². The molecule has 1 saturated heterocycles. The highest BCUT2D eigenvalue weighted by molar-refractivity contribution is 9.10. The van der Waals surface area contributed by atoms with Gasteiger partial charge in [0.05, 0.1) is 13.1 Å². The van der Waals surface area contributed by atoms with Crippen LogP contribution in [-0.2, 0) is 19.7 Å². The predicted molar refractivity (Wildman–Crippen MR) is 98.2 cm³/mol. The van der Waals surface area contributed by atoms with Crippen LogP contribution in [0.5, 0.6) is 0 Å². The zero-order valence-corrected chi connectivity index (χ0v) is 15.7. The Morgan fingerprint density at radius 3 is 2.33 bits per heavy atom. The average molecular weight is 421 g/mol. The predicted octanol–water partition coefficient (Wildman–Crippen LogP) is 1.11. The Morgan fingerprint density at radius 2 is 1.75 bits per heavy atom. The minimum atomic E-state index is -0.339. The zero-order chi connectivity index (χ0) is 16.7. The van der Waals surface area contributed by atoms with Crippen LogP contribution in [0.1, 0.15) is 18.4 Å². The number of benzene rings is 1. The molecule has 0 saturated carbocycles. The number of hydrogen-bond donors (Lipinski definition) is 3. The minimum Gasteiger partial charge on any atom is -0.381 e. The van der Waals surface area contributed by atoms with Crippen LogP contribution in [0, 0.1) is 0 Å². The topological polar surface area (TPSA) is 93.5 Å². The van der Waals surface area contributed by atoms with Crippen molar-refractivity contribution < 1.29 is 14.3 Å². The molecule has 1 heterocycles. The van der Waals surface area contributed by atoms with E-state index < -0.39 is 0 Å². The molecule has 1 aromatic carbocycles. The molecule has 1 fully saturated rings. The highest BCUT2D eigenvalue weighted by atomic mass is 79.9. The van der Waals surface area contributed by atoms with Gasteiger partial charge in [-0.2, -0.15) is 0 Å². The standard InChI is InChI=1S/C16H22BrN3O3.ClH/c17-13-3-1-12(2-4-13)16(5-7-23-8-6-16)11-20-15(22)10-19-14(21)9-18;/h1-4H,5-11,18H2,(H,19,21)(H,20,22);1H. The largest absolute Gasteiger partial charge is 0.381 e. The van der Waals surface area contributed by atoms with Crippen LogP contribution in [0.25, 0.3) is 0 Å². The van der Waals surface area contributed by atoms with Crippen LogP contribution in [0.4, 0.5) is 0 Å². The molecule has 8 heteroatoms. The van der Waals surface area contributed by atoms with Crippen molar-refractivity contribution in [3.05, 3.63) is 34.3 Å². The van der Waals surface area contributed by atoms with Gasteiger partial charge in [-0.25, -0.2) is 0 Å². The second-order valence-corrected chi connectivity index (χ2v) is 6.57. The van der Waals surface area contributed by atoms with Gasteiger partial charge >= 0.3 is 0 Å². The van der Waals surface area contributed by atoms with E-state index in [1.54, 1.807) is 0 Å². The van der Waals surface area contributed by atoms with Gasteiger partial charge in [0.1, 0.15) is 0 Å². The Balaban J connectivity index is 0.00000288. The summed E-state index contributed by atoms with van der Waals surface area (Å²) in [5.41, 5.74) is 6.25. The molecule has 0 bridgehead atoms. The van der Waals surface area contributed by atoms with Crippen LogP contribution in [0.3, 0.4) is 0 Å². The van der Waals surface area contributed by atoms with E-state index in [2.05, 4.69) is 38.7 Å². The van der Waals surface area contributed by atoms with Gasteiger partial charge < -0.3 is 21.1 Å². The van der Waals surface area contributed by atoms with Crippen LogP contribution < -0.4 is 16.4 Å². The van der Waals surface area contributed by atoms with Gasteiger partial charge in [-0.3, -0.25) is 9.59 Å². The zero-order valence-electron chi connectivity index (χ0n) is 13.3. The van der Waals surface area contributed by atoms with E-state index in [1.165, 1.54) is 5.56 Å². The Hall–Kier alpha value is -1.15. The molecule has 2 rings (SSSR count). The number of ether oxygens (including phenoxy) is 1. The maximum absolute atomic E-state index is 11.9. The maximum Gasteiger partial charge on any atom is 0.239 e. The molecule has 0 aromatic heterocycles. The average Bonchev–Trinajstić information content (AvgIpc) is 2.59. The van der Waals surface area contributed by atoms with E-state index in [0.717, 1.165) is 17.3 Å². The Labute approximate surface area is 156 Å². The molecule has 1 aliphatic heterocycles. The van der Waals surface area contributed by atoms with Gasteiger partial charge in [0.15, 0.2) is 0 Å². The quantitative estimate of drug-likeness (QED) is 0.643. The summed E-state index contributed by atoms with van der Waals surface area (Å²) in [7, 11) is 0. The fraction of sp³-hybridized carbons (Fsp3) is 0.500. The number of carbonyl (C=O) groups excluding carboxylic acids is 2. The molecule has 6 nitrogen and oxygen atoms in total. The number of nitrogens with two attached hydrogens (primary N) is 1. The molecular weight excluding hydrogens is 398 g/mol. The SMILES string of the molecule is Cl.NCC(=O)NCC(=O)NCC1(c2ccc(Br)cc2)CCOCC1. The fourth-order valence-electron chi connectivity index (χ4n) is 2.71. The molecule has 0 radical (unpaired) electrons. The number of nitrogens with one attached hydrogen (secondary N) is 2.